The first kappa shape index (κ1) is 8.38. The minimum atomic E-state index is -0.0869. The molecule has 1 aliphatic heterocycles. The zero-order chi connectivity index (χ0) is 9.42. The van der Waals surface area contributed by atoms with Gasteiger partial charge in [-0.05, 0) is 18.1 Å². The highest BCUT2D eigenvalue weighted by Crippen LogP contribution is 2.32. The Hall–Kier alpha value is -1.22. The van der Waals surface area contributed by atoms with Crippen molar-refractivity contribution in [3.05, 3.63) is 23.3 Å². The molecule has 0 radical (unpaired) electrons. The van der Waals surface area contributed by atoms with E-state index < -0.39 is 0 Å². The third-order valence-electron chi connectivity index (χ3n) is 2.39. The molecule has 2 rings (SSSR count). The smallest absolute Gasteiger partial charge is 0.126 e. The summed E-state index contributed by atoms with van der Waals surface area (Å²) in [5.41, 5.74) is 8.70. The predicted molar refractivity (Wildman–Crippen MR) is 50.8 cm³/mol. The second-order valence-electron chi connectivity index (χ2n) is 3.44. The molecule has 3 N–H and O–H groups in total. The van der Waals surface area contributed by atoms with Gasteiger partial charge in [-0.3, -0.25) is 0 Å². The van der Waals surface area contributed by atoms with Crippen LogP contribution in [0.15, 0.2) is 12.1 Å². The maximum Gasteiger partial charge on any atom is 0.126 e. The molecule has 0 fully saturated rings. The molecule has 0 saturated heterocycles. The summed E-state index contributed by atoms with van der Waals surface area (Å²) in [7, 11) is 0. The van der Waals surface area contributed by atoms with E-state index in [0.717, 1.165) is 29.0 Å². The van der Waals surface area contributed by atoms with Crippen molar-refractivity contribution in [1.82, 2.24) is 0 Å². The number of benzene rings is 1. The molecule has 3 nitrogen and oxygen atoms in total. The summed E-state index contributed by atoms with van der Waals surface area (Å²) >= 11 is 0. The molecule has 1 aromatic carbocycles. The lowest BCUT2D eigenvalue weighted by atomic mass is 10.1. The molecule has 3 heteroatoms. The zero-order valence-electron chi connectivity index (χ0n) is 7.58. The van der Waals surface area contributed by atoms with Crippen LogP contribution in [0.5, 0.6) is 5.75 Å². The summed E-state index contributed by atoms with van der Waals surface area (Å²) in [4.78, 5) is 0. The lowest BCUT2D eigenvalue weighted by Gasteiger charge is -2.06. The van der Waals surface area contributed by atoms with Gasteiger partial charge in [-0.1, -0.05) is 6.07 Å². The fourth-order valence-electron chi connectivity index (χ4n) is 1.60. The van der Waals surface area contributed by atoms with Crippen LogP contribution in [0.25, 0.3) is 0 Å². The number of anilines is 1. The first-order valence-corrected chi connectivity index (χ1v) is 4.37. The molecular weight excluding hydrogens is 166 g/mol. The zero-order valence-corrected chi connectivity index (χ0v) is 7.58. The fraction of sp³-hybridized carbons (Fsp3) is 0.400. The molecule has 0 spiro atoms. The normalized spacial score (nSPS) is 19.7. The Labute approximate surface area is 77.1 Å². The molecule has 1 atom stereocenters. The van der Waals surface area contributed by atoms with Crippen LogP contribution >= 0.6 is 0 Å². The average Bonchev–Trinajstić information content (AvgIpc) is 2.48. The number of aryl methyl sites for hydroxylation is 1. The average molecular weight is 179 g/mol. The number of rotatable bonds is 1. The van der Waals surface area contributed by atoms with Gasteiger partial charge in [0.05, 0.1) is 6.61 Å². The van der Waals surface area contributed by atoms with Gasteiger partial charge in [0.25, 0.3) is 0 Å². The Morgan fingerprint density at radius 1 is 1.62 bits per heavy atom. The number of aliphatic hydroxyl groups is 1. The highest BCUT2D eigenvalue weighted by Gasteiger charge is 2.22. The fourth-order valence-corrected chi connectivity index (χ4v) is 1.60. The van der Waals surface area contributed by atoms with E-state index in [0.29, 0.717) is 0 Å². The van der Waals surface area contributed by atoms with Crippen molar-refractivity contribution in [2.45, 2.75) is 19.4 Å². The molecule has 0 aromatic heterocycles. The third kappa shape index (κ3) is 1.35. The Morgan fingerprint density at radius 3 is 3.08 bits per heavy atom. The molecule has 0 bridgehead atoms. The SMILES string of the molecule is Cc1cc2c(cc1N)OC(CO)C2. The van der Waals surface area contributed by atoms with Gasteiger partial charge in [-0.25, -0.2) is 0 Å². The van der Waals surface area contributed by atoms with E-state index in [1.165, 1.54) is 0 Å². The van der Waals surface area contributed by atoms with Gasteiger partial charge < -0.3 is 15.6 Å². The standard InChI is InChI=1S/C10H13NO2/c1-6-2-7-3-8(5-12)13-10(7)4-9(6)11/h2,4,8,12H,3,5,11H2,1H3. The molecule has 0 amide bonds. The molecule has 1 aromatic rings. The van der Waals surface area contributed by atoms with Crippen molar-refractivity contribution in [2.75, 3.05) is 12.3 Å². The molecule has 13 heavy (non-hydrogen) atoms. The lowest BCUT2D eigenvalue weighted by Crippen LogP contribution is -2.17. The van der Waals surface area contributed by atoms with E-state index in [9.17, 15) is 0 Å². The number of nitrogens with two attached hydrogens (primary N) is 1. The summed E-state index contributed by atoms with van der Waals surface area (Å²) < 4.78 is 5.46. The first-order chi connectivity index (χ1) is 6.20. The summed E-state index contributed by atoms with van der Waals surface area (Å²) in [6.45, 7) is 2.04. The molecule has 70 valence electrons. The van der Waals surface area contributed by atoms with Crippen LogP contribution in [0.2, 0.25) is 0 Å². The molecule has 0 aliphatic carbocycles. The number of aliphatic hydroxyl groups excluding tert-OH is 1. The Bertz CT molecular complexity index is 305. The van der Waals surface area contributed by atoms with Crippen molar-refractivity contribution in [3.8, 4) is 5.75 Å². The van der Waals surface area contributed by atoms with Crippen molar-refractivity contribution in [1.29, 1.82) is 0 Å². The van der Waals surface area contributed by atoms with Crippen LogP contribution in [0.3, 0.4) is 0 Å². The van der Waals surface area contributed by atoms with Gasteiger partial charge in [0.2, 0.25) is 0 Å². The second kappa shape index (κ2) is 2.92. The Morgan fingerprint density at radius 2 is 2.38 bits per heavy atom. The van der Waals surface area contributed by atoms with E-state index in [-0.39, 0.29) is 12.7 Å². The van der Waals surface area contributed by atoms with Crippen molar-refractivity contribution in [2.24, 2.45) is 0 Å². The summed E-state index contributed by atoms with van der Waals surface area (Å²) in [5, 5.41) is 8.92. The van der Waals surface area contributed by atoms with E-state index in [2.05, 4.69) is 0 Å². The maximum atomic E-state index is 8.92. The summed E-state index contributed by atoms with van der Waals surface area (Å²) in [5.74, 6) is 0.821. The van der Waals surface area contributed by atoms with Gasteiger partial charge in [-0.15, -0.1) is 0 Å². The van der Waals surface area contributed by atoms with Crippen LogP contribution in [-0.2, 0) is 6.42 Å². The van der Waals surface area contributed by atoms with Gasteiger partial charge in [0, 0.05) is 18.2 Å². The predicted octanol–water partition coefficient (Wildman–Crippen LogP) is 0.873. The summed E-state index contributed by atoms with van der Waals surface area (Å²) in [6, 6.07) is 3.86. The Balaban J connectivity index is 2.36. The quantitative estimate of drug-likeness (QED) is 0.629. The van der Waals surface area contributed by atoms with Crippen LogP contribution in [0, 0.1) is 6.92 Å². The van der Waals surface area contributed by atoms with Crippen LogP contribution < -0.4 is 10.5 Å². The second-order valence-corrected chi connectivity index (χ2v) is 3.44. The molecule has 1 aliphatic rings. The number of hydrogen-bond acceptors (Lipinski definition) is 3. The van der Waals surface area contributed by atoms with Gasteiger partial charge >= 0.3 is 0 Å². The van der Waals surface area contributed by atoms with Crippen molar-refractivity contribution >= 4 is 5.69 Å². The third-order valence-corrected chi connectivity index (χ3v) is 2.39. The van der Waals surface area contributed by atoms with Crippen LogP contribution in [-0.4, -0.2) is 17.8 Å². The van der Waals surface area contributed by atoms with E-state index in [1.807, 2.05) is 19.1 Å². The summed E-state index contributed by atoms with van der Waals surface area (Å²) in [6.07, 6.45) is 0.698. The van der Waals surface area contributed by atoms with Gasteiger partial charge in [-0.2, -0.15) is 0 Å². The highest BCUT2D eigenvalue weighted by molar-refractivity contribution is 5.55. The largest absolute Gasteiger partial charge is 0.487 e. The Kier molecular flexibility index (Phi) is 1.88. The van der Waals surface area contributed by atoms with Crippen LogP contribution in [0.1, 0.15) is 11.1 Å². The van der Waals surface area contributed by atoms with Gasteiger partial charge in [0.15, 0.2) is 0 Å². The van der Waals surface area contributed by atoms with E-state index in [1.54, 1.807) is 0 Å². The van der Waals surface area contributed by atoms with E-state index in [4.69, 9.17) is 15.6 Å². The minimum Gasteiger partial charge on any atom is -0.487 e. The number of nitrogen functional groups attached to an aromatic ring is 1. The number of hydrogen-bond donors (Lipinski definition) is 2. The van der Waals surface area contributed by atoms with Crippen molar-refractivity contribution in [3.63, 3.8) is 0 Å². The number of fused-ring (bicyclic) bond motifs is 1. The highest BCUT2D eigenvalue weighted by atomic mass is 16.5. The molecule has 1 heterocycles. The van der Waals surface area contributed by atoms with Crippen molar-refractivity contribution < 1.29 is 9.84 Å². The van der Waals surface area contributed by atoms with Gasteiger partial charge in [0.1, 0.15) is 11.9 Å². The molecule has 0 saturated carbocycles. The van der Waals surface area contributed by atoms with Crippen LogP contribution in [0.4, 0.5) is 5.69 Å². The lowest BCUT2D eigenvalue weighted by molar-refractivity contribution is 0.134. The monoisotopic (exact) mass is 179 g/mol. The van der Waals surface area contributed by atoms with E-state index >= 15 is 0 Å². The molecular formula is C10H13NO2. The minimum absolute atomic E-state index is 0.0631. The topological polar surface area (TPSA) is 55.5 Å². The first-order valence-electron chi connectivity index (χ1n) is 4.37. The molecule has 1 unspecified atom stereocenters. The maximum absolute atomic E-state index is 8.92. The number of ether oxygens (including phenoxy) is 1.